The molecule has 0 radical (unpaired) electrons. The molecule has 0 saturated carbocycles. The van der Waals surface area contributed by atoms with E-state index in [-0.39, 0.29) is 6.42 Å². The second kappa shape index (κ2) is 9.15. The topological polar surface area (TPSA) is 63.6 Å². The van der Waals surface area contributed by atoms with Gasteiger partial charge >= 0.3 is 5.97 Å². The molecule has 1 unspecified atom stereocenters. The van der Waals surface area contributed by atoms with E-state index in [1.165, 1.54) is 0 Å². The zero-order chi connectivity index (χ0) is 10.8. The van der Waals surface area contributed by atoms with Gasteiger partial charge in [-0.25, -0.2) is 0 Å². The molecule has 0 aliphatic carbocycles. The number of unbranched alkanes of at least 4 members (excludes halogenated alkanes) is 2. The van der Waals surface area contributed by atoms with E-state index in [0.717, 1.165) is 12.8 Å². The summed E-state index contributed by atoms with van der Waals surface area (Å²) in [6, 6.07) is 0. The number of carboxylic acid groups (broad SMARTS) is 1. The average molecular weight is 222 g/mol. The highest BCUT2D eigenvalue weighted by Gasteiger charge is 2.00. The molecule has 1 N–H and O–H groups in total. The molecule has 0 spiro atoms. The Hall–Kier alpha value is -0.420. The second-order valence-electron chi connectivity index (χ2n) is 3.05. The van der Waals surface area contributed by atoms with E-state index in [1.54, 1.807) is 7.11 Å². The molecular formula is C9H18O4S. The molecule has 0 saturated heterocycles. The van der Waals surface area contributed by atoms with Crippen LogP contribution in [0.15, 0.2) is 0 Å². The number of carboxylic acids is 1. The summed E-state index contributed by atoms with van der Waals surface area (Å²) < 4.78 is 16.0. The molecule has 0 rings (SSSR count). The Labute approximate surface area is 87.1 Å². The Kier molecular flexibility index (Phi) is 8.87. The highest BCUT2D eigenvalue weighted by atomic mass is 32.2. The van der Waals surface area contributed by atoms with Crippen molar-refractivity contribution >= 4 is 16.8 Å². The van der Waals surface area contributed by atoms with Gasteiger partial charge in [0.1, 0.15) is 0 Å². The number of aliphatic carboxylic acids is 1. The van der Waals surface area contributed by atoms with Crippen LogP contribution in [0.3, 0.4) is 0 Å². The van der Waals surface area contributed by atoms with E-state index >= 15 is 0 Å². The van der Waals surface area contributed by atoms with E-state index in [0.29, 0.717) is 24.5 Å². The Morgan fingerprint density at radius 3 is 2.57 bits per heavy atom. The van der Waals surface area contributed by atoms with Crippen molar-refractivity contribution in [2.45, 2.75) is 25.7 Å². The highest BCUT2D eigenvalue weighted by Crippen LogP contribution is 2.01. The molecule has 0 bridgehead atoms. The first-order valence-corrected chi connectivity index (χ1v) is 6.21. The smallest absolute Gasteiger partial charge is 0.303 e. The lowest BCUT2D eigenvalue weighted by Crippen LogP contribution is -2.07. The quantitative estimate of drug-likeness (QED) is 0.592. The lowest BCUT2D eigenvalue weighted by molar-refractivity contribution is -0.137. The Bertz CT molecular complexity index is 182. The van der Waals surface area contributed by atoms with Crippen LogP contribution in [-0.4, -0.2) is 40.5 Å². The van der Waals surface area contributed by atoms with Crippen LogP contribution in [0.1, 0.15) is 25.7 Å². The van der Waals surface area contributed by atoms with E-state index in [1.807, 2.05) is 0 Å². The largest absolute Gasteiger partial charge is 0.481 e. The third kappa shape index (κ3) is 9.67. The fraction of sp³-hybridized carbons (Fsp3) is 0.889. The van der Waals surface area contributed by atoms with Crippen LogP contribution in [0.5, 0.6) is 0 Å². The number of methoxy groups -OCH3 is 1. The number of ether oxygens (including phenoxy) is 1. The second-order valence-corrected chi connectivity index (χ2v) is 4.74. The normalized spacial score (nSPS) is 12.6. The Morgan fingerprint density at radius 2 is 2.00 bits per heavy atom. The van der Waals surface area contributed by atoms with Crippen LogP contribution in [0.4, 0.5) is 0 Å². The molecule has 0 aliphatic heterocycles. The molecule has 1 atom stereocenters. The number of rotatable bonds is 9. The van der Waals surface area contributed by atoms with Crippen molar-refractivity contribution in [2.24, 2.45) is 0 Å². The van der Waals surface area contributed by atoms with Gasteiger partial charge in [-0.1, -0.05) is 6.42 Å². The standard InChI is InChI=1S/C9H18O4S/c1-13-6-8-14(12)7-4-2-3-5-9(10)11/h2-8H2,1H3,(H,10,11). The predicted molar refractivity (Wildman–Crippen MR) is 55.9 cm³/mol. The van der Waals surface area contributed by atoms with Crippen LogP contribution in [0.25, 0.3) is 0 Å². The first-order chi connectivity index (χ1) is 6.66. The molecule has 0 aromatic carbocycles. The summed E-state index contributed by atoms with van der Waals surface area (Å²) >= 11 is 0. The van der Waals surface area contributed by atoms with Gasteiger partial charge in [-0.15, -0.1) is 0 Å². The van der Waals surface area contributed by atoms with E-state index < -0.39 is 16.8 Å². The summed E-state index contributed by atoms with van der Waals surface area (Å²) in [5.74, 6) is 0.476. The van der Waals surface area contributed by atoms with Crippen LogP contribution >= 0.6 is 0 Å². The average Bonchev–Trinajstić information content (AvgIpc) is 2.13. The molecule has 0 aromatic rings. The van der Waals surface area contributed by atoms with E-state index in [2.05, 4.69) is 0 Å². The molecule has 0 amide bonds. The van der Waals surface area contributed by atoms with Crippen molar-refractivity contribution in [3.8, 4) is 0 Å². The number of carbonyl (C=O) groups is 1. The van der Waals surface area contributed by atoms with Crippen molar-refractivity contribution in [2.75, 3.05) is 25.2 Å². The Morgan fingerprint density at radius 1 is 1.29 bits per heavy atom. The monoisotopic (exact) mass is 222 g/mol. The van der Waals surface area contributed by atoms with Crippen molar-refractivity contribution < 1.29 is 18.8 Å². The zero-order valence-corrected chi connectivity index (χ0v) is 9.35. The lowest BCUT2D eigenvalue weighted by atomic mass is 10.2. The van der Waals surface area contributed by atoms with Gasteiger partial charge in [0, 0.05) is 35.8 Å². The maximum atomic E-state index is 11.2. The van der Waals surface area contributed by atoms with Gasteiger partial charge in [-0.05, 0) is 12.8 Å². The van der Waals surface area contributed by atoms with Crippen LogP contribution in [0, 0.1) is 0 Å². The van der Waals surface area contributed by atoms with Gasteiger partial charge in [0.15, 0.2) is 0 Å². The fourth-order valence-electron chi connectivity index (χ4n) is 0.994. The van der Waals surface area contributed by atoms with Gasteiger partial charge in [-0.3, -0.25) is 9.00 Å². The molecular weight excluding hydrogens is 204 g/mol. The minimum absolute atomic E-state index is 0.213. The molecule has 4 nitrogen and oxygen atoms in total. The summed E-state index contributed by atoms with van der Waals surface area (Å²) in [6.07, 6.45) is 2.57. The summed E-state index contributed by atoms with van der Waals surface area (Å²) in [4.78, 5) is 10.2. The van der Waals surface area contributed by atoms with E-state index in [4.69, 9.17) is 9.84 Å². The molecule has 14 heavy (non-hydrogen) atoms. The lowest BCUT2D eigenvalue weighted by Gasteiger charge is -2.00. The maximum absolute atomic E-state index is 11.2. The minimum Gasteiger partial charge on any atom is -0.481 e. The van der Waals surface area contributed by atoms with Gasteiger partial charge in [0.25, 0.3) is 0 Å². The SMILES string of the molecule is COCCS(=O)CCCCCC(=O)O. The van der Waals surface area contributed by atoms with Crippen molar-refractivity contribution in [3.63, 3.8) is 0 Å². The van der Waals surface area contributed by atoms with Crippen molar-refractivity contribution in [1.29, 1.82) is 0 Å². The van der Waals surface area contributed by atoms with Crippen molar-refractivity contribution in [1.82, 2.24) is 0 Å². The van der Waals surface area contributed by atoms with Gasteiger partial charge < -0.3 is 9.84 Å². The third-order valence-corrected chi connectivity index (χ3v) is 3.14. The molecule has 0 aliphatic rings. The van der Waals surface area contributed by atoms with Crippen LogP contribution < -0.4 is 0 Å². The summed E-state index contributed by atoms with van der Waals surface area (Å²) in [7, 11) is 0.781. The molecule has 5 heteroatoms. The van der Waals surface area contributed by atoms with Gasteiger partial charge in [0.2, 0.25) is 0 Å². The van der Waals surface area contributed by atoms with E-state index in [9.17, 15) is 9.00 Å². The zero-order valence-electron chi connectivity index (χ0n) is 8.53. The van der Waals surface area contributed by atoms with Crippen LogP contribution in [0.2, 0.25) is 0 Å². The fourth-order valence-corrected chi connectivity index (χ4v) is 2.08. The molecule has 84 valence electrons. The molecule has 0 heterocycles. The minimum atomic E-state index is -0.807. The molecule has 0 fully saturated rings. The van der Waals surface area contributed by atoms with Crippen LogP contribution in [-0.2, 0) is 20.3 Å². The molecule has 0 aromatic heterocycles. The summed E-state index contributed by atoms with van der Waals surface area (Å²) in [5.41, 5.74) is 0. The highest BCUT2D eigenvalue weighted by molar-refractivity contribution is 7.84. The van der Waals surface area contributed by atoms with Gasteiger partial charge in [-0.2, -0.15) is 0 Å². The first-order valence-electron chi connectivity index (χ1n) is 4.72. The first kappa shape index (κ1) is 13.6. The predicted octanol–water partition coefficient (Wildman–Crippen LogP) is 1.03. The summed E-state index contributed by atoms with van der Waals surface area (Å²) in [5, 5.41) is 8.36. The van der Waals surface area contributed by atoms with Gasteiger partial charge in [0.05, 0.1) is 6.61 Å². The number of hydrogen-bond acceptors (Lipinski definition) is 3. The Balaban J connectivity index is 3.19. The maximum Gasteiger partial charge on any atom is 0.303 e. The van der Waals surface area contributed by atoms with Crippen molar-refractivity contribution in [3.05, 3.63) is 0 Å². The third-order valence-electron chi connectivity index (χ3n) is 1.78. The number of hydrogen-bond donors (Lipinski definition) is 1. The summed E-state index contributed by atoms with van der Waals surface area (Å²) in [6.45, 7) is 0.530.